The van der Waals surface area contributed by atoms with Crippen LogP contribution in [0.4, 0.5) is 13.2 Å². The van der Waals surface area contributed by atoms with Gasteiger partial charge in [-0.25, -0.2) is 4.98 Å². The van der Waals surface area contributed by atoms with E-state index in [0.717, 1.165) is 25.1 Å². The number of ether oxygens (including phenoxy) is 2. The molecule has 0 unspecified atom stereocenters. The molecule has 2 rings (SSSR count). The second-order valence-electron chi connectivity index (χ2n) is 6.78. The first kappa shape index (κ1) is 24.7. The number of rotatable bonds is 9. The molecule has 1 aromatic heterocycles. The van der Waals surface area contributed by atoms with Crippen LogP contribution in [-0.4, -0.2) is 51.0 Å². The second-order valence-corrected chi connectivity index (χ2v) is 6.78. The third kappa shape index (κ3) is 8.38. The Kier molecular flexibility index (Phi) is 10.3. The van der Waals surface area contributed by atoms with Gasteiger partial charge in [0.15, 0.2) is 12.6 Å². The van der Waals surface area contributed by atoms with E-state index in [2.05, 4.69) is 25.3 Å². The predicted molar refractivity (Wildman–Crippen MR) is 112 cm³/mol. The number of guanidine groups is 1. The fourth-order valence-electron chi connectivity index (χ4n) is 2.94. The normalized spacial score (nSPS) is 16.0. The molecule has 0 radical (unpaired) electrons. The van der Waals surface area contributed by atoms with E-state index in [0.29, 0.717) is 12.5 Å². The lowest BCUT2D eigenvalue weighted by atomic mass is 9.67. The Hall–Kier alpha value is -1.30. The summed E-state index contributed by atoms with van der Waals surface area (Å²) in [6, 6.07) is 3.10. The lowest BCUT2D eigenvalue weighted by Gasteiger charge is -2.42. The highest BCUT2D eigenvalue weighted by Gasteiger charge is 2.36. The molecule has 1 saturated carbocycles. The predicted octanol–water partition coefficient (Wildman–Crippen LogP) is 3.51. The second kappa shape index (κ2) is 11.6. The maximum absolute atomic E-state index is 12.1. The van der Waals surface area contributed by atoms with Crippen molar-refractivity contribution in [1.29, 1.82) is 0 Å². The van der Waals surface area contributed by atoms with Gasteiger partial charge >= 0.3 is 6.18 Å². The lowest BCUT2D eigenvalue weighted by Crippen LogP contribution is -2.46. The largest absolute Gasteiger partial charge is 0.468 e. The topological polar surface area (TPSA) is 67.8 Å². The molecule has 0 spiro atoms. The van der Waals surface area contributed by atoms with E-state index in [1.807, 2.05) is 0 Å². The van der Waals surface area contributed by atoms with Crippen LogP contribution in [0, 0.1) is 5.41 Å². The molecule has 160 valence electrons. The Bertz CT molecular complexity index is 608. The molecule has 0 aliphatic heterocycles. The van der Waals surface area contributed by atoms with Crippen molar-refractivity contribution in [2.75, 3.05) is 33.9 Å². The van der Waals surface area contributed by atoms with Crippen LogP contribution < -0.4 is 15.4 Å². The molecule has 0 saturated heterocycles. The average molecular weight is 516 g/mol. The molecule has 28 heavy (non-hydrogen) atoms. The van der Waals surface area contributed by atoms with Gasteiger partial charge in [0, 0.05) is 46.1 Å². The molecule has 0 atom stereocenters. The van der Waals surface area contributed by atoms with Gasteiger partial charge in [-0.2, -0.15) is 13.2 Å². The number of methoxy groups -OCH3 is 1. The molecule has 2 N–H and O–H groups in total. The Morgan fingerprint density at radius 3 is 2.54 bits per heavy atom. The van der Waals surface area contributed by atoms with Gasteiger partial charge in [0.2, 0.25) is 5.88 Å². The molecule has 1 heterocycles. The zero-order chi connectivity index (χ0) is 19.8. The van der Waals surface area contributed by atoms with Crippen LogP contribution in [0.5, 0.6) is 5.88 Å². The molecule has 1 aliphatic rings. The minimum Gasteiger partial charge on any atom is -0.468 e. The number of nitrogens with zero attached hydrogens (tertiary/aromatic N) is 2. The first-order chi connectivity index (χ1) is 12.9. The van der Waals surface area contributed by atoms with Gasteiger partial charge in [-0.1, -0.05) is 12.5 Å². The highest BCUT2D eigenvalue weighted by molar-refractivity contribution is 14.0. The van der Waals surface area contributed by atoms with Crippen LogP contribution in [0.2, 0.25) is 0 Å². The third-order valence-corrected chi connectivity index (χ3v) is 4.75. The van der Waals surface area contributed by atoms with E-state index in [-0.39, 0.29) is 35.3 Å². The Balaban J connectivity index is 0.00000392. The zero-order valence-corrected chi connectivity index (χ0v) is 18.5. The molecule has 0 aromatic carbocycles. The van der Waals surface area contributed by atoms with Crippen LogP contribution in [-0.2, 0) is 11.3 Å². The van der Waals surface area contributed by atoms with Gasteiger partial charge in [-0.3, -0.25) is 4.99 Å². The summed E-state index contributed by atoms with van der Waals surface area (Å²) in [5, 5.41) is 6.54. The van der Waals surface area contributed by atoms with Crippen molar-refractivity contribution >= 4 is 29.9 Å². The molecule has 6 nitrogen and oxygen atoms in total. The minimum absolute atomic E-state index is 0. The number of aromatic nitrogens is 1. The monoisotopic (exact) mass is 516 g/mol. The van der Waals surface area contributed by atoms with Crippen LogP contribution in [0.1, 0.15) is 31.2 Å². The summed E-state index contributed by atoms with van der Waals surface area (Å²) in [5.41, 5.74) is 1.09. The maximum Gasteiger partial charge on any atom is 0.422 e. The van der Waals surface area contributed by atoms with Gasteiger partial charge in [-0.05, 0) is 30.2 Å². The van der Waals surface area contributed by atoms with Gasteiger partial charge in [0.25, 0.3) is 0 Å². The SMILES string of the molecule is CN=C(NCc1ccc(OCC(F)(F)F)nc1)NCC1(CCOC)CCC1.I. The number of alkyl halides is 3. The van der Waals surface area contributed by atoms with Gasteiger partial charge < -0.3 is 20.1 Å². The first-order valence-electron chi connectivity index (χ1n) is 8.94. The highest BCUT2D eigenvalue weighted by atomic mass is 127. The summed E-state index contributed by atoms with van der Waals surface area (Å²) in [4.78, 5) is 8.10. The Morgan fingerprint density at radius 2 is 2.04 bits per heavy atom. The molecule has 1 aliphatic carbocycles. The van der Waals surface area contributed by atoms with Gasteiger partial charge in [-0.15, -0.1) is 24.0 Å². The van der Waals surface area contributed by atoms with Crippen molar-refractivity contribution in [1.82, 2.24) is 15.6 Å². The first-order valence-corrected chi connectivity index (χ1v) is 8.94. The summed E-state index contributed by atoms with van der Waals surface area (Å²) in [6.45, 7) is 0.691. The average Bonchev–Trinajstić information content (AvgIpc) is 2.61. The van der Waals surface area contributed by atoms with Crippen LogP contribution in [0.3, 0.4) is 0 Å². The molecular formula is C18H28F3IN4O2. The quantitative estimate of drug-likeness (QED) is 0.299. The Labute approximate surface area is 180 Å². The van der Waals surface area contributed by atoms with Crippen molar-refractivity contribution in [3.8, 4) is 5.88 Å². The molecule has 0 amide bonds. The standard InChI is InChI=1S/C18H27F3N4O2.HI/c1-22-16(25-12-17(6-3-7-17)8-9-26-2)24-11-14-4-5-15(23-10-14)27-13-18(19,20)21;/h4-5,10H,3,6-9,11-13H2,1-2H3,(H2,22,24,25);1H. The summed E-state index contributed by atoms with van der Waals surface area (Å²) in [7, 11) is 3.41. The van der Waals surface area contributed by atoms with Crippen molar-refractivity contribution in [2.45, 2.75) is 38.4 Å². The fraction of sp³-hybridized carbons (Fsp3) is 0.667. The third-order valence-electron chi connectivity index (χ3n) is 4.75. The van der Waals surface area contributed by atoms with Crippen LogP contribution in [0.25, 0.3) is 0 Å². The maximum atomic E-state index is 12.1. The molecule has 0 bridgehead atoms. The number of nitrogens with one attached hydrogen (secondary N) is 2. The van der Waals surface area contributed by atoms with E-state index in [4.69, 9.17) is 4.74 Å². The van der Waals surface area contributed by atoms with Crippen molar-refractivity contribution < 1.29 is 22.6 Å². The van der Waals surface area contributed by atoms with E-state index >= 15 is 0 Å². The minimum atomic E-state index is -4.37. The van der Waals surface area contributed by atoms with Crippen molar-refractivity contribution in [2.24, 2.45) is 10.4 Å². The van der Waals surface area contributed by atoms with Crippen molar-refractivity contribution in [3.05, 3.63) is 23.9 Å². The summed E-state index contributed by atoms with van der Waals surface area (Å²) >= 11 is 0. The number of aliphatic imine (C=N–C) groups is 1. The van der Waals surface area contributed by atoms with E-state index in [9.17, 15) is 13.2 Å². The fourth-order valence-corrected chi connectivity index (χ4v) is 2.94. The Morgan fingerprint density at radius 1 is 1.29 bits per heavy atom. The van der Waals surface area contributed by atoms with Crippen molar-refractivity contribution in [3.63, 3.8) is 0 Å². The summed E-state index contributed by atoms with van der Waals surface area (Å²) in [5.74, 6) is 0.625. The van der Waals surface area contributed by atoms with E-state index in [1.165, 1.54) is 31.5 Å². The number of hydrogen-bond acceptors (Lipinski definition) is 4. The van der Waals surface area contributed by atoms with E-state index < -0.39 is 12.8 Å². The van der Waals surface area contributed by atoms with Gasteiger partial charge in [0.05, 0.1) is 0 Å². The van der Waals surface area contributed by atoms with Crippen LogP contribution >= 0.6 is 24.0 Å². The molecule has 10 heteroatoms. The summed E-state index contributed by atoms with van der Waals surface area (Å²) in [6.07, 6.45) is 1.75. The number of halogens is 4. The smallest absolute Gasteiger partial charge is 0.422 e. The van der Waals surface area contributed by atoms with E-state index in [1.54, 1.807) is 20.2 Å². The van der Waals surface area contributed by atoms with Gasteiger partial charge in [0.1, 0.15) is 0 Å². The summed E-state index contributed by atoms with van der Waals surface area (Å²) < 4.78 is 46.2. The lowest BCUT2D eigenvalue weighted by molar-refractivity contribution is -0.154. The molecule has 1 fully saturated rings. The molecular weight excluding hydrogens is 488 g/mol. The van der Waals surface area contributed by atoms with Crippen LogP contribution in [0.15, 0.2) is 23.3 Å². The number of hydrogen-bond donors (Lipinski definition) is 2. The molecule has 1 aromatic rings. The number of pyridine rings is 1. The highest BCUT2D eigenvalue weighted by Crippen LogP contribution is 2.43. The zero-order valence-electron chi connectivity index (χ0n) is 16.1.